The first-order valence-corrected chi connectivity index (χ1v) is 10.1. The Morgan fingerprint density at radius 3 is 2.64 bits per heavy atom. The summed E-state index contributed by atoms with van der Waals surface area (Å²) in [6, 6.07) is 11.0. The zero-order chi connectivity index (χ0) is 18.9. The highest BCUT2D eigenvalue weighted by atomic mass is 16.5. The molecule has 0 saturated heterocycles. The summed E-state index contributed by atoms with van der Waals surface area (Å²) in [5.74, 6) is 0. The van der Waals surface area contributed by atoms with E-state index in [1.807, 2.05) is 19.3 Å². The van der Waals surface area contributed by atoms with Crippen molar-refractivity contribution in [3.63, 3.8) is 0 Å². The molecule has 3 aliphatic rings. The summed E-state index contributed by atoms with van der Waals surface area (Å²) in [4.78, 5) is 9.15. The first kappa shape index (κ1) is 17.3. The van der Waals surface area contributed by atoms with Gasteiger partial charge in [0.1, 0.15) is 0 Å². The van der Waals surface area contributed by atoms with Crippen LogP contribution in [0.3, 0.4) is 0 Å². The van der Waals surface area contributed by atoms with Crippen LogP contribution in [0.25, 0.3) is 5.70 Å². The molecule has 1 aromatic carbocycles. The third-order valence-corrected chi connectivity index (χ3v) is 5.86. The molecule has 0 N–H and O–H groups in total. The van der Waals surface area contributed by atoms with E-state index in [-0.39, 0.29) is 0 Å². The summed E-state index contributed by atoms with van der Waals surface area (Å²) in [6.07, 6.45) is 15.5. The molecular weight excluding hydrogens is 348 g/mol. The van der Waals surface area contributed by atoms with Crippen molar-refractivity contribution in [1.29, 1.82) is 0 Å². The monoisotopic (exact) mass is 374 g/mol. The van der Waals surface area contributed by atoms with Gasteiger partial charge in [-0.25, -0.2) is 4.98 Å². The van der Waals surface area contributed by atoms with Crippen molar-refractivity contribution in [2.24, 2.45) is 0 Å². The van der Waals surface area contributed by atoms with E-state index < -0.39 is 0 Å². The first-order valence-electron chi connectivity index (χ1n) is 10.1. The SMILES string of the molecule is Cc1cn(C2=CN3CCN([C@@H]4CC[C@@H]4OCc4ccccc4)C=C3C=C2)cn1. The maximum absolute atomic E-state index is 6.22. The fourth-order valence-corrected chi connectivity index (χ4v) is 4.09. The molecule has 2 aromatic rings. The Balaban J connectivity index is 1.23. The lowest BCUT2D eigenvalue weighted by molar-refractivity contribution is -0.0692. The molecule has 144 valence electrons. The lowest BCUT2D eigenvalue weighted by Gasteiger charge is -2.47. The van der Waals surface area contributed by atoms with Gasteiger partial charge in [-0.2, -0.15) is 0 Å². The first-order chi connectivity index (χ1) is 13.8. The van der Waals surface area contributed by atoms with Crippen molar-refractivity contribution in [3.05, 3.63) is 84.4 Å². The number of benzene rings is 1. The van der Waals surface area contributed by atoms with Gasteiger partial charge in [0.25, 0.3) is 0 Å². The summed E-state index contributed by atoms with van der Waals surface area (Å²) < 4.78 is 8.30. The Hall–Kier alpha value is -2.79. The Morgan fingerprint density at radius 1 is 1.04 bits per heavy atom. The smallest absolute Gasteiger partial charge is 0.0995 e. The summed E-state index contributed by atoms with van der Waals surface area (Å²) in [5.41, 5.74) is 4.69. The Bertz CT molecular complexity index is 927. The van der Waals surface area contributed by atoms with Gasteiger partial charge in [0.15, 0.2) is 0 Å². The highest BCUT2D eigenvalue weighted by Gasteiger charge is 2.37. The maximum Gasteiger partial charge on any atom is 0.0995 e. The molecule has 1 fully saturated rings. The van der Waals surface area contributed by atoms with Gasteiger partial charge in [-0.1, -0.05) is 30.3 Å². The fourth-order valence-electron chi connectivity index (χ4n) is 4.09. The molecule has 5 heteroatoms. The molecule has 0 unspecified atom stereocenters. The van der Waals surface area contributed by atoms with Crippen molar-refractivity contribution in [1.82, 2.24) is 19.4 Å². The van der Waals surface area contributed by atoms with Crippen LogP contribution in [0.15, 0.2) is 73.1 Å². The van der Waals surface area contributed by atoms with Crippen LogP contribution in [-0.2, 0) is 11.3 Å². The summed E-state index contributed by atoms with van der Waals surface area (Å²) in [5, 5.41) is 0. The van der Waals surface area contributed by atoms with Crippen LogP contribution in [0.4, 0.5) is 0 Å². The van der Waals surface area contributed by atoms with Crippen LogP contribution in [0.1, 0.15) is 24.1 Å². The van der Waals surface area contributed by atoms with Gasteiger partial charge in [-0.3, -0.25) is 0 Å². The molecule has 0 bridgehead atoms. The van der Waals surface area contributed by atoms with Gasteiger partial charge >= 0.3 is 0 Å². The van der Waals surface area contributed by atoms with Crippen LogP contribution < -0.4 is 0 Å². The molecule has 2 aliphatic heterocycles. The van der Waals surface area contributed by atoms with Gasteiger partial charge < -0.3 is 19.1 Å². The summed E-state index contributed by atoms with van der Waals surface area (Å²) in [7, 11) is 0. The number of allylic oxidation sites excluding steroid dienone is 3. The number of ether oxygens (including phenoxy) is 1. The predicted molar refractivity (Wildman–Crippen MR) is 110 cm³/mol. The van der Waals surface area contributed by atoms with Gasteiger partial charge in [0.05, 0.1) is 42.2 Å². The molecule has 1 aromatic heterocycles. The topological polar surface area (TPSA) is 33.5 Å². The molecular formula is C23H26N4O. The maximum atomic E-state index is 6.22. The molecule has 5 nitrogen and oxygen atoms in total. The number of rotatable bonds is 5. The number of hydrogen-bond acceptors (Lipinski definition) is 4. The van der Waals surface area contributed by atoms with Crippen molar-refractivity contribution in [3.8, 4) is 0 Å². The molecule has 5 rings (SSSR count). The highest BCUT2D eigenvalue weighted by molar-refractivity contribution is 5.61. The second-order valence-corrected chi connectivity index (χ2v) is 7.77. The van der Waals surface area contributed by atoms with Crippen LogP contribution in [0.2, 0.25) is 0 Å². The normalized spacial score (nSPS) is 23.8. The average Bonchev–Trinajstić information content (AvgIpc) is 3.14. The number of nitrogens with zero attached hydrogens (tertiary/aromatic N) is 4. The molecule has 28 heavy (non-hydrogen) atoms. The summed E-state index contributed by atoms with van der Waals surface area (Å²) in [6.45, 7) is 4.74. The average molecular weight is 374 g/mol. The van der Waals surface area contributed by atoms with Crippen LogP contribution in [0.5, 0.6) is 0 Å². The summed E-state index contributed by atoms with van der Waals surface area (Å²) >= 11 is 0. The Labute approximate surface area is 166 Å². The van der Waals surface area contributed by atoms with Crippen LogP contribution >= 0.6 is 0 Å². The molecule has 3 heterocycles. The van der Waals surface area contributed by atoms with Crippen LogP contribution in [0, 0.1) is 6.92 Å². The largest absolute Gasteiger partial charge is 0.371 e. The van der Waals surface area contributed by atoms with Gasteiger partial charge in [0.2, 0.25) is 0 Å². The van der Waals surface area contributed by atoms with E-state index in [1.165, 1.54) is 17.7 Å². The number of hydrogen-bond donors (Lipinski definition) is 0. The predicted octanol–water partition coefficient (Wildman–Crippen LogP) is 3.77. The zero-order valence-electron chi connectivity index (χ0n) is 16.2. The van der Waals surface area contributed by atoms with Gasteiger partial charge in [0, 0.05) is 31.7 Å². The van der Waals surface area contributed by atoms with E-state index in [1.54, 1.807) is 0 Å². The number of imidazole rings is 1. The second-order valence-electron chi connectivity index (χ2n) is 7.77. The van der Waals surface area contributed by atoms with Crippen molar-refractivity contribution >= 4 is 5.70 Å². The van der Waals surface area contributed by atoms with E-state index >= 15 is 0 Å². The molecule has 1 saturated carbocycles. The molecule has 0 amide bonds. The quantitative estimate of drug-likeness (QED) is 0.798. The minimum absolute atomic E-state index is 0.330. The number of aryl methyl sites for hydroxylation is 1. The molecule has 1 aliphatic carbocycles. The number of aromatic nitrogens is 2. The molecule has 0 spiro atoms. The minimum Gasteiger partial charge on any atom is -0.371 e. The second kappa shape index (κ2) is 7.32. The van der Waals surface area contributed by atoms with Gasteiger partial charge in [-0.15, -0.1) is 0 Å². The van der Waals surface area contributed by atoms with E-state index in [0.717, 1.165) is 30.9 Å². The Morgan fingerprint density at radius 2 is 1.89 bits per heavy atom. The van der Waals surface area contributed by atoms with Crippen molar-refractivity contribution < 1.29 is 4.74 Å². The van der Waals surface area contributed by atoms with Crippen molar-refractivity contribution in [2.45, 2.75) is 38.5 Å². The highest BCUT2D eigenvalue weighted by Crippen LogP contribution is 2.33. The van der Waals surface area contributed by atoms with E-state index in [9.17, 15) is 0 Å². The standard InChI is InChI=1S/C23H26N4O/c1-18-13-27(17-24-18)21-8-7-20-15-26(12-11-25(20)14-21)22-9-10-23(22)28-16-19-5-3-2-4-6-19/h2-8,13-15,17,22-23H,9-12,16H2,1H3/t22-,23+/m1/s1. The Kier molecular flexibility index (Phi) is 4.53. The number of fused-ring (bicyclic) bond motifs is 1. The van der Waals surface area contributed by atoms with E-state index in [2.05, 4.69) is 74.4 Å². The van der Waals surface area contributed by atoms with E-state index in [4.69, 9.17) is 4.74 Å². The lowest BCUT2D eigenvalue weighted by atomic mass is 9.87. The van der Waals surface area contributed by atoms with E-state index in [0.29, 0.717) is 18.8 Å². The van der Waals surface area contributed by atoms with Crippen LogP contribution in [-0.4, -0.2) is 44.6 Å². The molecule has 2 atom stereocenters. The molecule has 0 radical (unpaired) electrons. The fraction of sp³-hybridized carbons (Fsp3) is 0.348. The third kappa shape index (κ3) is 3.38. The third-order valence-electron chi connectivity index (χ3n) is 5.86. The minimum atomic E-state index is 0.330. The van der Waals surface area contributed by atoms with Gasteiger partial charge in [-0.05, 0) is 37.5 Å². The zero-order valence-corrected chi connectivity index (χ0v) is 16.2. The lowest BCUT2D eigenvalue weighted by Crippen LogP contribution is -2.53. The van der Waals surface area contributed by atoms with Crippen molar-refractivity contribution in [2.75, 3.05) is 13.1 Å².